The Morgan fingerprint density at radius 1 is 1.12 bits per heavy atom. The predicted molar refractivity (Wildman–Crippen MR) is 91.1 cm³/mol. The van der Waals surface area contributed by atoms with Gasteiger partial charge in [0.2, 0.25) is 0 Å². The predicted octanol–water partition coefficient (Wildman–Crippen LogP) is 1.77. The second-order valence-electron chi connectivity index (χ2n) is 5.97. The zero-order valence-corrected chi connectivity index (χ0v) is 13.7. The van der Waals surface area contributed by atoms with E-state index in [4.69, 9.17) is 0 Å². The molecule has 1 aromatic carbocycles. The molecule has 7 nitrogen and oxygen atoms in total. The highest BCUT2D eigenvalue weighted by atomic mass is 19.1. The van der Waals surface area contributed by atoms with E-state index in [1.54, 1.807) is 10.6 Å². The van der Waals surface area contributed by atoms with Gasteiger partial charge in [0.15, 0.2) is 0 Å². The van der Waals surface area contributed by atoms with Crippen LogP contribution in [-0.2, 0) is 0 Å². The van der Waals surface area contributed by atoms with Crippen molar-refractivity contribution in [2.24, 2.45) is 0 Å². The second-order valence-corrected chi connectivity index (χ2v) is 5.97. The summed E-state index contributed by atoms with van der Waals surface area (Å²) in [6, 6.07) is 8.43. The number of benzene rings is 1. The van der Waals surface area contributed by atoms with Crippen LogP contribution in [-0.4, -0.2) is 45.8 Å². The molecule has 1 aliphatic heterocycles. The van der Waals surface area contributed by atoms with E-state index in [0.717, 1.165) is 43.4 Å². The van der Waals surface area contributed by atoms with Crippen LogP contribution < -0.4 is 9.80 Å². The van der Waals surface area contributed by atoms with Crippen LogP contribution >= 0.6 is 0 Å². The third-order valence-electron chi connectivity index (χ3n) is 4.38. The Bertz CT molecular complexity index is 967. The Morgan fingerprint density at radius 2 is 1.88 bits per heavy atom. The van der Waals surface area contributed by atoms with Crippen LogP contribution in [0.2, 0.25) is 0 Å². The van der Waals surface area contributed by atoms with Gasteiger partial charge in [-0.1, -0.05) is 0 Å². The molecule has 0 radical (unpaired) electrons. The fourth-order valence-electron chi connectivity index (χ4n) is 3.19. The maximum Gasteiger partial charge on any atom is 0.254 e. The van der Waals surface area contributed by atoms with Gasteiger partial charge >= 0.3 is 0 Å². The van der Waals surface area contributed by atoms with Gasteiger partial charge in [-0.25, -0.2) is 9.37 Å². The van der Waals surface area contributed by atoms with E-state index in [-0.39, 0.29) is 5.82 Å². The molecular formula is C17H16FN7. The quantitative estimate of drug-likeness (QED) is 0.710. The summed E-state index contributed by atoms with van der Waals surface area (Å²) >= 11 is 0. The molecule has 0 atom stereocenters. The molecule has 2 aromatic heterocycles. The first-order valence-corrected chi connectivity index (χ1v) is 8.02. The number of fused-ring (bicyclic) bond motifs is 1. The fourth-order valence-corrected chi connectivity index (χ4v) is 3.19. The van der Waals surface area contributed by atoms with E-state index in [1.165, 1.54) is 18.5 Å². The molecule has 0 amide bonds. The number of nitrogens with zero attached hydrogens (tertiary/aromatic N) is 7. The SMILES string of the molecule is Cc1cc(N2CCN(c3ccc(F)cc3C#N)CC2)n2ncnc2n1. The van der Waals surface area contributed by atoms with Gasteiger partial charge in [-0.2, -0.15) is 19.9 Å². The van der Waals surface area contributed by atoms with Crippen LogP contribution in [0, 0.1) is 24.1 Å². The Morgan fingerprint density at radius 3 is 2.64 bits per heavy atom. The summed E-state index contributed by atoms with van der Waals surface area (Å²) in [6.07, 6.45) is 1.50. The number of piperazine rings is 1. The van der Waals surface area contributed by atoms with Crippen molar-refractivity contribution in [3.8, 4) is 6.07 Å². The molecule has 25 heavy (non-hydrogen) atoms. The van der Waals surface area contributed by atoms with Crippen molar-refractivity contribution in [3.05, 3.63) is 47.7 Å². The summed E-state index contributed by atoms with van der Waals surface area (Å²) in [6.45, 7) is 4.93. The van der Waals surface area contributed by atoms with Crippen molar-refractivity contribution in [2.75, 3.05) is 36.0 Å². The standard InChI is InChI=1S/C17H16FN7/c1-12-8-16(25-17(22-12)20-11-21-25)24-6-4-23(5-7-24)15-3-2-14(18)9-13(15)10-19/h2-3,8-9,11H,4-7H2,1H3. The molecule has 0 unspecified atom stereocenters. The molecule has 3 aromatic rings. The minimum Gasteiger partial charge on any atom is -0.367 e. The molecule has 4 rings (SSSR count). The van der Waals surface area contributed by atoms with Crippen LogP contribution in [0.5, 0.6) is 0 Å². The van der Waals surface area contributed by atoms with Gasteiger partial charge in [0.05, 0.1) is 11.3 Å². The lowest BCUT2D eigenvalue weighted by Gasteiger charge is -2.37. The summed E-state index contributed by atoms with van der Waals surface area (Å²) in [7, 11) is 0. The van der Waals surface area contributed by atoms with E-state index < -0.39 is 0 Å². The first kappa shape index (κ1) is 15.3. The average Bonchev–Trinajstić information content (AvgIpc) is 3.09. The first-order chi connectivity index (χ1) is 12.2. The van der Waals surface area contributed by atoms with Crippen LogP contribution in [0.15, 0.2) is 30.6 Å². The van der Waals surface area contributed by atoms with Gasteiger partial charge < -0.3 is 9.80 Å². The number of hydrogen-bond donors (Lipinski definition) is 0. The molecule has 0 aliphatic carbocycles. The van der Waals surface area contributed by atoms with Gasteiger partial charge in [-0.3, -0.25) is 0 Å². The van der Waals surface area contributed by atoms with Crippen molar-refractivity contribution in [2.45, 2.75) is 6.92 Å². The largest absolute Gasteiger partial charge is 0.367 e. The third kappa shape index (κ3) is 2.74. The van der Waals surface area contributed by atoms with Crippen LogP contribution in [0.3, 0.4) is 0 Å². The second kappa shape index (κ2) is 6.02. The number of halogens is 1. The van der Waals surface area contributed by atoms with Gasteiger partial charge in [0, 0.05) is 37.9 Å². The maximum atomic E-state index is 13.3. The van der Waals surface area contributed by atoms with Crippen molar-refractivity contribution in [3.63, 3.8) is 0 Å². The number of nitriles is 1. The van der Waals surface area contributed by atoms with Crippen LogP contribution in [0.1, 0.15) is 11.3 Å². The van der Waals surface area contributed by atoms with Crippen molar-refractivity contribution >= 4 is 17.3 Å². The Hall–Kier alpha value is -3.21. The smallest absolute Gasteiger partial charge is 0.254 e. The summed E-state index contributed by atoms with van der Waals surface area (Å²) in [5.74, 6) is 1.15. The van der Waals surface area contributed by atoms with E-state index >= 15 is 0 Å². The first-order valence-electron chi connectivity index (χ1n) is 8.02. The molecule has 0 N–H and O–H groups in total. The zero-order valence-electron chi connectivity index (χ0n) is 13.7. The highest BCUT2D eigenvalue weighted by Gasteiger charge is 2.22. The van der Waals surface area contributed by atoms with Crippen molar-refractivity contribution in [1.82, 2.24) is 19.6 Å². The van der Waals surface area contributed by atoms with Crippen molar-refractivity contribution in [1.29, 1.82) is 5.26 Å². The summed E-state index contributed by atoms with van der Waals surface area (Å²) in [5.41, 5.74) is 2.04. The van der Waals surface area contributed by atoms with Gasteiger partial charge in [0.25, 0.3) is 5.78 Å². The molecule has 0 bridgehead atoms. The highest BCUT2D eigenvalue weighted by molar-refractivity contribution is 5.60. The van der Waals surface area contributed by atoms with Crippen molar-refractivity contribution < 1.29 is 4.39 Å². The van der Waals surface area contributed by atoms with E-state index in [9.17, 15) is 9.65 Å². The van der Waals surface area contributed by atoms with Gasteiger partial charge in [-0.15, -0.1) is 0 Å². The number of anilines is 2. The van der Waals surface area contributed by atoms with E-state index in [1.807, 2.05) is 13.0 Å². The Kier molecular flexibility index (Phi) is 3.69. The molecule has 0 saturated carbocycles. The number of rotatable bonds is 2. The number of hydrogen-bond acceptors (Lipinski definition) is 6. The minimum absolute atomic E-state index is 0.367. The molecule has 0 spiro atoms. The molecule has 1 aliphatic rings. The molecule has 8 heteroatoms. The minimum atomic E-state index is -0.389. The lowest BCUT2D eigenvalue weighted by atomic mass is 10.1. The normalized spacial score (nSPS) is 14.8. The van der Waals surface area contributed by atoms with E-state index in [2.05, 4.69) is 30.9 Å². The van der Waals surface area contributed by atoms with Crippen LogP contribution in [0.4, 0.5) is 15.9 Å². The molecule has 126 valence electrons. The molecule has 1 saturated heterocycles. The zero-order chi connectivity index (χ0) is 17.4. The topological polar surface area (TPSA) is 73.3 Å². The number of aromatic nitrogens is 4. The molecule has 3 heterocycles. The fraction of sp³-hybridized carbons (Fsp3) is 0.294. The highest BCUT2D eigenvalue weighted by Crippen LogP contribution is 2.24. The Labute approximate surface area is 143 Å². The number of aryl methyl sites for hydroxylation is 1. The molecular weight excluding hydrogens is 321 g/mol. The lowest BCUT2D eigenvalue weighted by Crippen LogP contribution is -2.47. The summed E-state index contributed by atoms with van der Waals surface area (Å²) in [5, 5.41) is 13.5. The van der Waals surface area contributed by atoms with Gasteiger partial charge in [-0.05, 0) is 25.1 Å². The van der Waals surface area contributed by atoms with E-state index in [0.29, 0.717) is 11.3 Å². The lowest BCUT2D eigenvalue weighted by molar-refractivity contribution is 0.622. The maximum absolute atomic E-state index is 13.3. The summed E-state index contributed by atoms with van der Waals surface area (Å²) < 4.78 is 15.1. The van der Waals surface area contributed by atoms with Crippen LogP contribution in [0.25, 0.3) is 5.78 Å². The third-order valence-corrected chi connectivity index (χ3v) is 4.38. The Balaban J connectivity index is 1.58. The monoisotopic (exact) mass is 337 g/mol. The molecule has 1 fully saturated rings. The summed E-state index contributed by atoms with van der Waals surface area (Å²) in [4.78, 5) is 12.9. The van der Waals surface area contributed by atoms with Gasteiger partial charge in [0.1, 0.15) is 24.0 Å². The average molecular weight is 337 g/mol.